The Kier molecular flexibility index (Phi) is 11.5. The van der Waals surface area contributed by atoms with Crippen molar-refractivity contribution in [3.63, 3.8) is 0 Å². The average molecular weight is 812 g/mol. The first-order valence-electron chi connectivity index (χ1n) is 16.0. The SMILES string of the molecule is O=c1[nH]c(=O)n([C@H]2C[C@H](NC(=S)Nc3ccc(Cl)c(C(F)(F)F)c3)[C@@H](COC(c3ccccc3)(c3ccccc3)c3ccccc3)O2)cc1/C=C/Br. The molecule has 0 saturated carbocycles. The lowest BCUT2D eigenvalue weighted by molar-refractivity contribution is -0.137. The molecule has 1 aromatic heterocycles. The van der Waals surface area contributed by atoms with Crippen LogP contribution >= 0.6 is 39.7 Å². The first-order valence-corrected chi connectivity index (χ1v) is 17.7. The van der Waals surface area contributed by atoms with Gasteiger partial charge in [0.2, 0.25) is 0 Å². The number of rotatable bonds is 10. The Labute approximate surface area is 315 Å². The summed E-state index contributed by atoms with van der Waals surface area (Å²) in [6.45, 7) is -0.0269. The molecular weight excluding hydrogens is 781 g/mol. The average Bonchev–Trinajstić information content (AvgIpc) is 3.53. The summed E-state index contributed by atoms with van der Waals surface area (Å²) in [5, 5.41) is 5.54. The Morgan fingerprint density at radius 2 is 1.54 bits per heavy atom. The molecule has 3 atom stereocenters. The Morgan fingerprint density at radius 1 is 0.962 bits per heavy atom. The van der Waals surface area contributed by atoms with Crippen LogP contribution in [0.4, 0.5) is 18.9 Å². The van der Waals surface area contributed by atoms with Crippen LogP contribution < -0.4 is 21.9 Å². The van der Waals surface area contributed by atoms with Crippen LogP contribution in [0.3, 0.4) is 0 Å². The molecule has 2 heterocycles. The minimum Gasteiger partial charge on any atom is -0.358 e. The van der Waals surface area contributed by atoms with Crippen molar-refractivity contribution in [1.29, 1.82) is 0 Å². The number of alkyl halides is 3. The molecule has 5 aromatic rings. The fourth-order valence-corrected chi connectivity index (χ4v) is 7.02. The Hall–Kier alpha value is -4.53. The minimum atomic E-state index is -4.67. The summed E-state index contributed by atoms with van der Waals surface area (Å²) in [7, 11) is 0. The van der Waals surface area contributed by atoms with Crippen LogP contribution in [0.1, 0.15) is 40.5 Å². The topological polar surface area (TPSA) is 97.4 Å². The van der Waals surface area contributed by atoms with Gasteiger partial charge in [0.05, 0.1) is 28.8 Å². The zero-order valence-corrected chi connectivity index (χ0v) is 30.3. The molecule has 268 valence electrons. The zero-order chi connectivity index (χ0) is 36.9. The van der Waals surface area contributed by atoms with Crippen molar-refractivity contribution in [2.24, 2.45) is 0 Å². The van der Waals surface area contributed by atoms with Gasteiger partial charge in [-0.05, 0) is 58.2 Å². The molecule has 0 unspecified atom stereocenters. The minimum absolute atomic E-state index is 0.00636. The lowest BCUT2D eigenvalue weighted by Crippen LogP contribution is -2.46. The van der Waals surface area contributed by atoms with Crippen LogP contribution in [-0.4, -0.2) is 33.4 Å². The lowest BCUT2D eigenvalue weighted by atomic mass is 9.80. The normalized spacial score (nSPS) is 17.7. The van der Waals surface area contributed by atoms with Crippen molar-refractivity contribution in [1.82, 2.24) is 14.9 Å². The van der Waals surface area contributed by atoms with E-state index < -0.39 is 52.0 Å². The van der Waals surface area contributed by atoms with Gasteiger partial charge in [-0.2, -0.15) is 13.2 Å². The molecule has 3 N–H and O–H groups in total. The summed E-state index contributed by atoms with van der Waals surface area (Å²) in [5.41, 5.74) is -0.529. The van der Waals surface area contributed by atoms with Gasteiger partial charge < -0.3 is 20.1 Å². The number of hydrogen-bond donors (Lipinski definition) is 3. The Bertz CT molecular complexity index is 2070. The number of ether oxygens (including phenoxy) is 2. The van der Waals surface area contributed by atoms with Crippen LogP contribution in [0, 0.1) is 0 Å². The van der Waals surface area contributed by atoms with Crippen LogP contribution in [0.2, 0.25) is 5.02 Å². The largest absolute Gasteiger partial charge is 0.417 e. The van der Waals surface area contributed by atoms with Gasteiger partial charge in [0.25, 0.3) is 5.56 Å². The molecule has 1 saturated heterocycles. The number of hydrogen-bond acceptors (Lipinski definition) is 5. The van der Waals surface area contributed by atoms with Crippen molar-refractivity contribution in [3.05, 3.63) is 174 Å². The lowest BCUT2D eigenvalue weighted by Gasteiger charge is -2.37. The highest BCUT2D eigenvalue weighted by Gasteiger charge is 2.43. The van der Waals surface area contributed by atoms with Crippen LogP contribution in [0.15, 0.2) is 130 Å². The third-order valence-corrected chi connectivity index (χ3v) is 9.45. The van der Waals surface area contributed by atoms with Gasteiger partial charge in [0, 0.05) is 18.3 Å². The van der Waals surface area contributed by atoms with Gasteiger partial charge in [0.1, 0.15) is 17.9 Å². The van der Waals surface area contributed by atoms with E-state index >= 15 is 0 Å². The molecule has 1 aliphatic heterocycles. The molecule has 6 rings (SSSR count). The summed E-state index contributed by atoms with van der Waals surface area (Å²) in [4.78, 5) is 29.3. The fourth-order valence-electron chi connectivity index (χ4n) is 6.24. The second kappa shape index (κ2) is 16.0. The Morgan fingerprint density at radius 3 is 2.08 bits per heavy atom. The van der Waals surface area contributed by atoms with Crippen LogP contribution in [-0.2, 0) is 21.3 Å². The second-order valence-corrected chi connectivity index (χ2v) is 13.2. The standard InChI is InChI=1S/C38H31BrClF3N4O4S/c39-19-18-24-22-47(36(49)46-34(24)48)33-21-31(45-35(52)44-28-16-17-30(40)29(20-28)38(41,42)43)32(51-33)23-50-37(25-10-4-1-5-11-25,26-12-6-2-7-13-26)27-14-8-3-9-15-27/h1-20,22,31-33H,21,23H2,(H2,44,45,52)(H,46,48,49)/b19-18+/t31-,32+,33+/m0/s1. The first-order chi connectivity index (χ1) is 25.0. The number of halogens is 5. The van der Waals surface area contributed by atoms with Gasteiger partial charge in [-0.3, -0.25) is 14.3 Å². The molecule has 52 heavy (non-hydrogen) atoms. The number of nitrogens with one attached hydrogen (secondary N) is 3. The zero-order valence-electron chi connectivity index (χ0n) is 27.1. The summed E-state index contributed by atoms with van der Waals surface area (Å²) >= 11 is 14.6. The molecule has 14 heteroatoms. The number of nitrogens with zero attached hydrogens (tertiary/aromatic N) is 1. The molecule has 0 amide bonds. The first kappa shape index (κ1) is 37.2. The predicted octanol–water partition coefficient (Wildman–Crippen LogP) is 8.23. The molecule has 8 nitrogen and oxygen atoms in total. The smallest absolute Gasteiger partial charge is 0.358 e. The van der Waals surface area contributed by atoms with Gasteiger partial charge in [0.15, 0.2) is 5.11 Å². The summed E-state index contributed by atoms with van der Waals surface area (Å²) < 4.78 is 55.6. The third-order valence-electron chi connectivity index (χ3n) is 8.64. The van der Waals surface area contributed by atoms with Crippen molar-refractivity contribution >= 4 is 56.6 Å². The molecule has 0 radical (unpaired) electrons. The van der Waals surface area contributed by atoms with E-state index in [2.05, 4.69) is 31.5 Å². The highest BCUT2D eigenvalue weighted by atomic mass is 79.9. The monoisotopic (exact) mass is 810 g/mol. The van der Waals surface area contributed by atoms with Crippen molar-refractivity contribution in [2.75, 3.05) is 11.9 Å². The summed E-state index contributed by atoms with van der Waals surface area (Å²) in [5.74, 6) is 0. The number of aromatic nitrogens is 2. The molecule has 1 aliphatic rings. The predicted molar refractivity (Wildman–Crippen MR) is 203 cm³/mol. The Balaban J connectivity index is 1.36. The van der Waals surface area contributed by atoms with E-state index in [0.29, 0.717) is 0 Å². The van der Waals surface area contributed by atoms with Crippen LogP contribution in [0.25, 0.3) is 6.08 Å². The second-order valence-electron chi connectivity index (χ2n) is 11.9. The van der Waals surface area contributed by atoms with E-state index in [1.165, 1.54) is 27.9 Å². The number of aromatic amines is 1. The van der Waals surface area contributed by atoms with E-state index in [4.69, 9.17) is 33.3 Å². The molecular formula is C38H31BrClF3N4O4S. The maximum Gasteiger partial charge on any atom is 0.417 e. The highest BCUT2D eigenvalue weighted by Crippen LogP contribution is 2.42. The maximum atomic E-state index is 13.6. The molecule has 0 bridgehead atoms. The summed E-state index contributed by atoms with van der Waals surface area (Å²) in [6.07, 6.45) is -3.25. The number of anilines is 1. The van der Waals surface area contributed by atoms with E-state index in [1.54, 1.807) is 0 Å². The van der Waals surface area contributed by atoms with Crippen molar-refractivity contribution < 1.29 is 22.6 Å². The van der Waals surface area contributed by atoms with Gasteiger partial charge >= 0.3 is 11.9 Å². The maximum absolute atomic E-state index is 13.6. The van der Waals surface area contributed by atoms with Crippen LogP contribution in [0.5, 0.6) is 0 Å². The molecule has 1 fully saturated rings. The van der Waals surface area contributed by atoms with Gasteiger partial charge in [-0.25, -0.2) is 4.79 Å². The highest BCUT2D eigenvalue weighted by molar-refractivity contribution is 9.11. The number of H-pyrrole nitrogens is 1. The number of thiocarbonyl (C=S) groups is 1. The molecule has 4 aromatic carbocycles. The van der Waals surface area contributed by atoms with Gasteiger partial charge in [-0.15, -0.1) is 0 Å². The molecule has 0 aliphatic carbocycles. The van der Waals surface area contributed by atoms with E-state index in [-0.39, 0.29) is 29.4 Å². The third kappa shape index (κ3) is 8.08. The van der Waals surface area contributed by atoms with E-state index in [0.717, 1.165) is 28.8 Å². The van der Waals surface area contributed by atoms with Crippen molar-refractivity contribution in [2.45, 2.75) is 36.6 Å². The fraction of sp³-hybridized carbons (Fsp3) is 0.184. The summed E-state index contributed by atoms with van der Waals surface area (Å²) in [6, 6.07) is 32.0. The van der Waals surface area contributed by atoms with Crippen molar-refractivity contribution in [3.8, 4) is 0 Å². The van der Waals surface area contributed by atoms with E-state index in [9.17, 15) is 22.8 Å². The molecule has 0 spiro atoms. The van der Waals surface area contributed by atoms with E-state index in [1.807, 2.05) is 91.0 Å². The van der Waals surface area contributed by atoms with Gasteiger partial charge in [-0.1, -0.05) is 119 Å². The number of benzene rings is 4. The quantitative estimate of drug-likeness (QED) is 0.0967.